The zero-order valence-corrected chi connectivity index (χ0v) is 14.6. The molecule has 2 aliphatic heterocycles. The van der Waals surface area contributed by atoms with Crippen LogP contribution in [0.3, 0.4) is 0 Å². The van der Waals surface area contributed by atoms with Crippen LogP contribution in [0.15, 0.2) is 22.9 Å². The fourth-order valence-corrected chi connectivity index (χ4v) is 3.56. The fraction of sp³-hybridized carbons (Fsp3) is 0.625. The first-order valence-electron chi connectivity index (χ1n) is 8.02. The van der Waals surface area contributed by atoms with Crippen LogP contribution in [0.25, 0.3) is 0 Å². The molecule has 6 nitrogen and oxygen atoms in total. The van der Waals surface area contributed by atoms with Gasteiger partial charge in [-0.2, -0.15) is 0 Å². The van der Waals surface area contributed by atoms with E-state index in [-0.39, 0.29) is 5.91 Å². The van der Waals surface area contributed by atoms with Crippen LogP contribution in [-0.2, 0) is 9.47 Å². The van der Waals surface area contributed by atoms with Crippen molar-refractivity contribution in [2.45, 2.75) is 12.5 Å². The highest BCUT2D eigenvalue weighted by atomic mass is 79.9. The van der Waals surface area contributed by atoms with Crippen LogP contribution in [-0.4, -0.2) is 67.9 Å². The van der Waals surface area contributed by atoms with Gasteiger partial charge >= 0.3 is 0 Å². The maximum atomic E-state index is 12.4. The SMILES string of the molecule is O=C(NCC(C1CCOC1)N1CCOCC1)c1cncc(Br)c1. The van der Waals surface area contributed by atoms with Crippen molar-refractivity contribution in [2.24, 2.45) is 5.92 Å². The van der Waals surface area contributed by atoms with Gasteiger partial charge in [0.15, 0.2) is 0 Å². The lowest BCUT2D eigenvalue weighted by Crippen LogP contribution is -2.52. The minimum absolute atomic E-state index is 0.0871. The summed E-state index contributed by atoms with van der Waals surface area (Å²) in [5.41, 5.74) is 0.572. The molecular formula is C16H22BrN3O3. The van der Waals surface area contributed by atoms with Gasteiger partial charge in [0.05, 0.1) is 25.4 Å². The summed E-state index contributed by atoms with van der Waals surface area (Å²) < 4.78 is 11.8. The molecule has 2 fully saturated rings. The minimum Gasteiger partial charge on any atom is -0.381 e. The van der Waals surface area contributed by atoms with Gasteiger partial charge in [0.25, 0.3) is 5.91 Å². The highest BCUT2D eigenvalue weighted by Gasteiger charge is 2.31. The Morgan fingerprint density at radius 1 is 1.35 bits per heavy atom. The topological polar surface area (TPSA) is 63.7 Å². The number of ether oxygens (including phenoxy) is 2. The number of hydrogen-bond acceptors (Lipinski definition) is 5. The predicted molar refractivity (Wildman–Crippen MR) is 89.4 cm³/mol. The summed E-state index contributed by atoms with van der Waals surface area (Å²) in [7, 11) is 0. The van der Waals surface area contributed by atoms with Crippen LogP contribution < -0.4 is 5.32 Å². The zero-order valence-electron chi connectivity index (χ0n) is 13.0. The van der Waals surface area contributed by atoms with Crippen LogP contribution in [0.1, 0.15) is 16.8 Å². The third-order valence-corrected chi connectivity index (χ3v) is 4.90. The standard InChI is InChI=1S/C16H22BrN3O3/c17-14-7-13(8-18-9-14)16(21)19-10-15(12-1-4-23-11-12)20-2-5-22-6-3-20/h7-9,12,15H,1-6,10-11H2,(H,19,21). The molecule has 0 bridgehead atoms. The molecule has 1 amide bonds. The van der Waals surface area contributed by atoms with E-state index in [0.29, 0.717) is 24.1 Å². The molecule has 3 rings (SSSR count). The Labute approximate surface area is 144 Å². The summed E-state index contributed by atoms with van der Waals surface area (Å²) in [6.07, 6.45) is 4.31. The molecule has 2 aliphatic rings. The molecule has 126 valence electrons. The quantitative estimate of drug-likeness (QED) is 0.830. The van der Waals surface area contributed by atoms with Crippen LogP contribution in [0.2, 0.25) is 0 Å². The maximum Gasteiger partial charge on any atom is 0.252 e. The first kappa shape index (κ1) is 16.8. The number of nitrogens with one attached hydrogen (secondary N) is 1. The van der Waals surface area contributed by atoms with E-state index >= 15 is 0 Å². The summed E-state index contributed by atoms with van der Waals surface area (Å²) in [5, 5.41) is 3.06. The molecular weight excluding hydrogens is 362 g/mol. The van der Waals surface area contributed by atoms with Crippen molar-refractivity contribution in [3.63, 3.8) is 0 Å². The number of halogens is 1. The van der Waals surface area contributed by atoms with Gasteiger partial charge in [-0.3, -0.25) is 14.7 Å². The Bertz CT molecular complexity index is 531. The molecule has 0 saturated carbocycles. The summed E-state index contributed by atoms with van der Waals surface area (Å²) >= 11 is 3.35. The average molecular weight is 384 g/mol. The van der Waals surface area contributed by atoms with Crippen LogP contribution in [0, 0.1) is 5.92 Å². The third kappa shape index (κ3) is 4.50. The molecule has 2 saturated heterocycles. The highest BCUT2D eigenvalue weighted by molar-refractivity contribution is 9.10. The number of morpholine rings is 1. The van der Waals surface area contributed by atoms with Gasteiger partial charge < -0.3 is 14.8 Å². The van der Waals surface area contributed by atoms with Crippen molar-refractivity contribution in [1.82, 2.24) is 15.2 Å². The number of aromatic nitrogens is 1. The fourth-order valence-electron chi connectivity index (χ4n) is 3.19. The summed E-state index contributed by atoms with van der Waals surface area (Å²) in [4.78, 5) is 18.8. The molecule has 0 aromatic carbocycles. The second-order valence-corrected chi connectivity index (χ2v) is 6.86. The summed E-state index contributed by atoms with van der Waals surface area (Å²) in [6.45, 7) is 5.55. The van der Waals surface area contributed by atoms with E-state index in [2.05, 4.69) is 31.1 Å². The molecule has 23 heavy (non-hydrogen) atoms. The predicted octanol–water partition coefficient (Wildman–Crippen LogP) is 1.31. The molecule has 1 N–H and O–H groups in total. The molecule has 1 aromatic heterocycles. The van der Waals surface area contributed by atoms with Gasteiger partial charge in [-0.1, -0.05) is 0 Å². The largest absolute Gasteiger partial charge is 0.381 e. The molecule has 0 aliphatic carbocycles. The monoisotopic (exact) mass is 383 g/mol. The smallest absolute Gasteiger partial charge is 0.252 e. The van der Waals surface area contributed by atoms with Gasteiger partial charge in [-0.25, -0.2) is 0 Å². The zero-order chi connectivity index (χ0) is 16.1. The van der Waals surface area contributed by atoms with Gasteiger partial charge in [0.1, 0.15) is 0 Å². The number of carbonyl (C=O) groups is 1. The number of rotatable bonds is 5. The lowest BCUT2D eigenvalue weighted by atomic mass is 9.96. The minimum atomic E-state index is -0.0871. The van der Waals surface area contributed by atoms with E-state index in [0.717, 1.165) is 50.4 Å². The van der Waals surface area contributed by atoms with E-state index in [1.54, 1.807) is 18.5 Å². The van der Waals surface area contributed by atoms with E-state index in [1.165, 1.54) is 0 Å². The molecule has 2 unspecified atom stereocenters. The Morgan fingerprint density at radius 2 is 2.17 bits per heavy atom. The van der Waals surface area contributed by atoms with Crippen molar-refractivity contribution in [3.05, 3.63) is 28.5 Å². The number of nitrogens with zero attached hydrogens (tertiary/aromatic N) is 2. The van der Waals surface area contributed by atoms with Crippen LogP contribution in [0.5, 0.6) is 0 Å². The first-order valence-corrected chi connectivity index (χ1v) is 8.81. The van der Waals surface area contributed by atoms with Crippen LogP contribution in [0.4, 0.5) is 0 Å². The van der Waals surface area contributed by atoms with E-state index in [4.69, 9.17) is 9.47 Å². The highest BCUT2D eigenvalue weighted by Crippen LogP contribution is 2.22. The number of carbonyl (C=O) groups excluding carboxylic acids is 1. The van der Waals surface area contributed by atoms with E-state index in [1.807, 2.05) is 0 Å². The Hall–Kier alpha value is -1.02. The van der Waals surface area contributed by atoms with Crippen molar-refractivity contribution in [3.8, 4) is 0 Å². The number of pyridine rings is 1. The van der Waals surface area contributed by atoms with Gasteiger partial charge in [0, 0.05) is 55.1 Å². The average Bonchev–Trinajstić information content (AvgIpc) is 3.10. The van der Waals surface area contributed by atoms with Crippen molar-refractivity contribution < 1.29 is 14.3 Å². The van der Waals surface area contributed by atoms with Gasteiger partial charge in [-0.05, 0) is 28.4 Å². The Morgan fingerprint density at radius 3 is 2.87 bits per heavy atom. The number of hydrogen-bond donors (Lipinski definition) is 1. The van der Waals surface area contributed by atoms with Crippen molar-refractivity contribution >= 4 is 21.8 Å². The maximum absolute atomic E-state index is 12.4. The Kier molecular flexibility index (Phi) is 5.99. The Balaban J connectivity index is 1.62. The molecule has 1 aromatic rings. The lowest BCUT2D eigenvalue weighted by Gasteiger charge is -2.37. The van der Waals surface area contributed by atoms with Gasteiger partial charge in [-0.15, -0.1) is 0 Å². The second kappa shape index (κ2) is 8.19. The third-order valence-electron chi connectivity index (χ3n) is 4.46. The normalized spacial score (nSPS) is 23.6. The molecule has 2 atom stereocenters. The van der Waals surface area contributed by atoms with E-state index in [9.17, 15) is 4.79 Å². The molecule has 0 spiro atoms. The van der Waals surface area contributed by atoms with Crippen molar-refractivity contribution in [1.29, 1.82) is 0 Å². The molecule has 7 heteroatoms. The molecule has 0 radical (unpaired) electrons. The molecule has 3 heterocycles. The van der Waals surface area contributed by atoms with Crippen molar-refractivity contribution in [2.75, 3.05) is 46.1 Å². The lowest BCUT2D eigenvalue weighted by molar-refractivity contribution is 0.00166. The second-order valence-electron chi connectivity index (χ2n) is 5.94. The van der Waals surface area contributed by atoms with E-state index < -0.39 is 0 Å². The first-order chi connectivity index (χ1) is 11.2. The van der Waals surface area contributed by atoms with Gasteiger partial charge in [0.2, 0.25) is 0 Å². The summed E-state index contributed by atoms with van der Waals surface area (Å²) in [6, 6.07) is 2.08. The number of amides is 1. The summed E-state index contributed by atoms with van der Waals surface area (Å²) in [5.74, 6) is 0.380. The van der Waals surface area contributed by atoms with Crippen LogP contribution >= 0.6 is 15.9 Å².